The Balaban J connectivity index is 3.73. The first-order valence-electron chi connectivity index (χ1n) is 9.91. The van der Waals surface area contributed by atoms with Crippen LogP contribution in [0.3, 0.4) is 0 Å². The van der Waals surface area contributed by atoms with Gasteiger partial charge >= 0.3 is 20.3 Å². The summed E-state index contributed by atoms with van der Waals surface area (Å²) in [4.78, 5) is 0. The number of ether oxygens (including phenoxy) is 1. The van der Waals surface area contributed by atoms with Crippen molar-refractivity contribution in [3.63, 3.8) is 0 Å². The molecule has 1 aromatic rings. The van der Waals surface area contributed by atoms with Crippen molar-refractivity contribution >= 4 is 15.2 Å². The van der Waals surface area contributed by atoms with Crippen LogP contribution in [0.1, 0.15) is 53.9 Å². The summed E-state index contributed by atoms with van der Waals surface area (Å²) >= 11 is 0. The third-order valence-electron chi connectivity index (χ3n) is 3.93. The van der Waals surface area contributed by atoms with Gasteiger partial charge in [-0.15, -0.1) is 0 Å². The lowest BCUT2D eigenvalue weighted by molar-refractivity contribution is 0.0913. The second-order valence-corrected chi connectivity index (χ2v) is 10.7. The van der Waals surface area contributed by atoms with Gasteiger partial charge in [-0.3, -0.25) is 9.13 Å². The van der Waals surface area contributed by atoms with Gasteiger partial charge in [-0.05, 0) is 46.2 Å². The van der Waals surface area contributed by atoms with Gasteiger partial charge in [0, 0.05) is 6.42 Å². The van der Waals surface area contributed by atoms with E-state index in [0.717, 1.165) is 6.42 Å². The maximum absolute atomic E-state index is 14.0. The Labute approximate surface area is 169 Å². The number of rotatable bonds is 15. The predicted molar refractivity (Wildman–Crippen MR) is 111 cm³/mol. The van der Waals surface area contributed by atoms with Crippen LogP contribution in [0.5, 0.6) is 5.75 Å². The molecule has 0 aliphatic rings. The Morgan fingerprint density at radius 3 is 1.54 bits per heavy atom. The maximum atomic E-state index is 14.0. The molecule has 162 valence electrons. The fraction of sp³-hybridized carbons (Fsp3) is 0.684. The van der Waals surface area contributed by atoms with Crippen molar-refractivity contribution in [1.29, 1.82) is 0 Å². The van der Waals surface area contributed by atoms with E-state index >= 15 is 0 Å². The van der Waals surface area contributed by atoms with Gasteiger partial charge in [-0.1, -0.05) is 31.5 Å². The molecule has 1 aromatic carbocycles. The van der Waals surface area contributed by atoms with Crippen LogP contribution in [0.15, 0.2) is 30.3 Å². The quantitative estimate of drug-likeness (QED) is 0.293. The lowest BCUT2D eigenvalue weighted by Gasteiger charge is -2.42. The first kappa shape index (κ1) is 25.4. The predicted octanol–water partition coefficient (Wildman–Crippen LogP) is 6.44. The summed E-state index contributed by atoms with van der Waals surface area (Å²) in [5.74, 6) is 0.387. The molecule has 0 atom stereocenters. The minimum Gasteiger partial charge on any atom is -0.462 e. The minimum absolute atomic E-state index is 0.0988. The molecule has 9 heteroatoms. The van der Waals surface area contributed by atoms with Crippen LogP contribution in [-0.2, 0) is 27.2 Å². The van der Waals surface area contributed by atoms with Gasteiger partial charge in [0.2, 0.25) is 0 Å². The zero-order valence-corrected chi connectivity index (χ0v) is 19.4. The van der Waals surface area contributed by atoms with Crippen LogP contribution in [-0.4, -0.2) is 31.5 Å². The van der Waals surface area contributed by atoms with E-state index in [2.05, 4.69) is 0 Å². The fourth-order valence-electron chi connectivity index (χ4n) is 2.83. The topological polar surface area (TPSA) is 80.3 Å². The second kappa shape index (κ2) is 12.1. The largest absolute Gasteiger partial charge is 0.462 e. The lowest BCUT2D eigenvalue weighted by Crippen LogP contribution is -2.39. The van der Waals surface area contributed by atoms with E-state index in [4.69, 9.17) is 22.8 Å². The molecule has 0 saturated heterocycles. The molecule has 0 aliphatic heterocycles. The van der Waals surface area contributed by atoms with E-state index in [-0.39, 0.29) is 32.8 Å². The molecule has 0 N–H and O–H groups in total. The van der Waals surface area contributed by atoms with Crippen molar-refractivity contribution in [3.8, 4) is 5.75 Å². The number of para-hydroxylation sites is 1. The van der Waals surface area contributed by atoms with Crippen molar-refractivity contribution in [3.05, 3.63) is 30.3 Å². The highest BCUT2D eigenvalue weighted by molar-refractivity contribution is 7.74. The molecule has 1 rings (SSSR count). The molecular formula is C19H34O7P2. The first-order chi connectivity index (χ1) is 13.4. The van der Waals surface area contributed by atoms with Crippen LogP contribution in [0.4, 0.5) is 0 Å². The molecule has 0 aromatic heterocycles. The van der Waals surface area contributed by atoms with Gasteiger partial charge in [0.1, 0.15) is 5.75 Å². The molecule has 0 heterocycles. The molecule has 0 unspecified atom stereocenters. The SMILES string of the molecule is CCCCC(Oc1ccccc1)(P(=O)(OCC)OCC)P(=O)(OCC)OCC. The van der Waals surface area contributed by atoms with Crippen LogP contribution in [0.2, 0.25) is 0 Å². The number of hydrogen-bond acceptors (Lipinski definition) is 7. The van der Waals surface area contributed by atoms with Gasteiger partial charge in [-0.2, -0.15) is 0 Å². The summed E-state index contributed by atoms with van der Waals surface area (Å²) in [6, 6.07) is 8.78. The van der Waals surface area contributed by atoms with Gasteiger partial charge in [0.25, 0.3) is 0 Å². The molecule has 0 amide bonds. The van der Waals surface area contributed by atoms with Crippen LogP contribution >= 0.6 is 15.2 Å². The Kier molecular flexibility index (Phi) is 11.0. The Morgan fingerprint density at radius 1 is 0.750 bits per heavy atom. The third kappa shape index (κ3) is 5.69. The molecule has 0 aliphatic carbocycles. The highest BCUT2D eigenvalue weighted by Crippen LogP contribution is 2.79. The van der Waals surface area contributed by atoms with E-state index in [1.54, 1.807) is 52.0 Å². The monoisotopic (exact) mass is 436 g/mol. The minimum atomic E-state index is -4.07. The second-order valence-electron chi connectivity index (χ2n) is 5.93. The summed E-state index contributed by atoms with van der Waals surface area (Å²) in [7, 11) is -8.14. The standard InChI is InChI=1S/C19H34O7P2/c1-6-11-17-19(26-18-15-13-12-14-16-18,27(20,22-7-2)23-8-3)28(21,24-9-4)25-10-5/h12-16H,6-11,17H2,1-5H3. The zero-order chi connectivity index (χ0) is 21.1. The lowest BCUT2D eigenvalue weighted by atomic mass is 10.2. The molecule has 0 fully saturated rings. The van der Waals surface area contributed by atoms with E-state index in [9.17, 15) is 9.13 Å². The van der Waals surface area contributed by atoms with E-state index < -0.39 is 20.3 Å². The average Bonchev–Trinajstić information content (AvgIpc) is 2.66. The zero-order valence-electron chi connectivity index (χ0n) is 17.6. The fourth-order valence-corrected chi connectivity index (χ4v) is 8.34. The summed E-state index contributed by atoms with van der Waals surface area (Å²) in [6.45, 7) is 9.17. The Morgan fingerprint density at radius 2 is 1.18 bits per heavy atom. The van der Waals surface area contributed by atoms with E-state index in [1.165, 1.54) is 0 Å². The average molecular weight is 436 g/mol. The molecule has 7 nitrogen and oxygen atoms in total. The Hall–Kier alpha value is -0.680. The van der Waals surface area contributed by atoms with Crippen molar-refractivity contribution in [2.45, 2.75) is 59.0 Å². The van der Waals surface area contributed by atoms with Gasteiger partial charge in [-0.25, -0.2) is 0 Å². The summed E-state index contributed by atoms with van der Waals surface area (Å²) < 4.78 is 56.8. The number of benzene rings is 1. The molecule has 0 saturated carbocycles. The van der Waals surface area contributed by atoms with Crippen molar-refractivity contribution in [2.24, 2.45) is 0 Å². The molecule has 0 spiro atoms. The smallest absolute Gasteiger partial charge is 0.386 e. The van der Waals surface area contributed by atoms with Crippen molar-refractivity contribution in [2.75, 3.05) is 26.4 Å². The van der Waals surface area contributed by atoms with Crippen LogP contribution in [0.25, 0.3) is 0 Å². The van der Waals surface area contributed by atoms with Crippen LogP contribution in [0, 0.1) is 0 Å². The maximum Gasteiger partial charge on any atom is 0.386 e. The molecule has 28 heavy (non-hydrogen) atoms. The molecule has 0 bridgehead atoms. The van der Waals surface area contributed by atoms with E-state index in [0.29, 0.717) is 12.2 Å². The first-order valence-corrected chi connectivity index (χ1v) is 13.0. The summed E-state index contributed by atoms with van der Waals surface area (Å²) in [5.41, 5.74) is 0. The van der Waals surface area contributed by atoms with Crippen molar-refractivity contribution < 1.29 is 32.0 Å². The Bertz CT molecular complexity index is 601. The highest BCUT2D eigenvalue weighted by atomic mass is 31.2. The van der Waals surface area contributed by atoms with Gasteiger partial charge in [0.05, 0.1) is 26.4 Å². The normalized spacial score (nSPS) is 12.9. The van der Waals surface area contributed by atoms with E-state index in [1.807, 2.05) is 13.0 Å². The summed E-state index contributed by atoms with van der Waals surface area (Å²) in [5, 5.41) is -1.91. The van der Waals surface area contributed by atoms with Crippen molar-refractivity contribution in [1.82, 2.24) is 0 Å². The third-order valence-corrected chi connectivity index (χ3v) is 10.1. The van der Waals surface area contributed by atoms with Gasteiger partial charge < -0.3 is 22.8 Å². The highest BCUT2D eigenvalue weighted by Gasteiger charge is 2.67. The molecule has 0 radical (unpaired) electrons. The van der Waals surface area contributed by atoms with Gasteiger partial charge in [0.15, 0.2) is 0 Å². The van der Waals surface area contributed by atoms with Crippen LogP contribution < -0.4 is 4.74 Å². The number of unbranched alkanes of at least 4 members (excludes halogenated alkanes) is 1. The molecular weight excluding hydrogens is 402 g/mol. The summed E-state index contributed by atoms with van der Waals surface area (Å²) in [6.07, 6.45) is 1.46. The number of hydrogen-bond donors (Lipinski definition) is 0.